The molecule has 4 heteroatoms. The maximum atomic E-state index is 11.9. The molecular weight excluding hydrogens is 328 g/mol. The molecular formula is C17H19BrN2O. The van der Waals surface area contributed by atoms with Crippen molar-refractivity contribution in [2.45, 2.75) is 13.5 Å². The lowest BCUT2D eigenvalue weighted by atomic mass is 10.1. The minimum atomic E-state index is -0.0299. The largest absolute Gasteiger partial charge is 0.351 e. The van der Waals surface area contributed by atoms with Gasteiger partial charge in [-0.1, -0.05) is 51.8 Å². The van der Waals surface area contributed by atoms with Gasteiger partial charge in [-0.25, -0.2) is 0 Å². The zero-order valence-electron chi connectivity index (χ0n) is 12.0. The van der Waals surface area contributed by atoms with Crippen molar-refractivity contribution in [3.05, 3.63) is 69.7 Å². The number of carbonyl (C=O) groups excluding carboxylic acids is 1. The van der Waals surface area contributed by atoms with Gasteiger partial charge in [0, 0.05) is 29.7 Å². The molecule has 21 heavy (non-hydrogen) atoms. The first-order chi connectivity index (χ1) is 10.2. The van der Waals surface area contributed by atoms with Gasteiger partial charge in [-0.05, 0) is 30.7 Å². The number of carbonyl (C=O) groups is 1. The molecule has 110 valence electrons. The van der Waals surface area contributed by atoms with Gasteiger partial charge in [0.15, 0.2) is 0 Å². The van der Waals surface area contributed by atoms with Crippen LogP contribution in [0.25, 0.3) is 0 Å². The van der Waals surface area contributed by atoms with Crippen LogP contribution in [-0.2, 0) is 6.54 Å². The highest BCUT2D eigenvalue weighted by molar-refractivity contribution is 9.10. The number of nitrogens with one attached hydrogen (secondary N) is 2. The van der Waals surface area contributed by atoms with Crippen molar-refractivity contribution in [1.29, 1.82) is 0 Å². The van der Waals surface area contributed by atoms with Gasteiger partial charge in [-0.2, -0.15) is 0 Å². The summed E-state index contributed by atoms with van der Waals surface area (Å²) >= 11 is 3.52. The summed E-state index contributed by atoms with van der Waals surface area (Å²) in [5.74, 6) is -0.0299. The van der Waals surface area contributed by atoms with Gasteiger partial charge < -0.3 is 10.6 Å². The molecule has 0 aliphatic carbocycles. The second-order valence-corrected chi connectivity index (χ2v) is 5.74. The molecule has 0 saturated heterocycles. The van der Waals surface area contributed by atoms with E-state index in [-0.39, 0.29) is 5.91 Å². The van der Waals surface area contributed by atoms with E-state index in [1.165, 1.54) is 5.56 Å². The topological polar surface area (TPSA) is 41.1 Å². The molecule has 3 nitrogen and oxygen atoms in total. The zero-order chi connectivity index (χ0) is 15.1. The molecule has 0 aromatic heterocycles. The summed E-state index contributed by atoms with van der Waals surface area (Å²) in [5.41, 5.74) is 3.07. The molecule has 0 fully saturated rings. The Balaban J connectivity index is 1.69. The number of aryl methyl sites for hydroxylation is 1. The van der Waals surface area contributed by atoms with Crippen LogP contribution < -0.4 is 10.6 Å². The summed E-state index contributed by atoms with van der Waals surface area (Å²) < 4.78 is 1.10. The Bertz CT molecular complexity index is 596. The molecule has 0 atom stereocenters. The number of amides is 1. The molecule has 0 radical (unpaired) electrons. The SMILES string of the molecule is Cc1ccc(C(=O)NCCNCc2ccccc2Br)cc1. The third-order valence-electron chi connectivity index (χ3n) is 3.17. The summed E-state index contributed by atoms with van der Waals surface area (Å²) in [6.07, 6.45) is 0. The van der Waals surface area contributed by atoms with Gasteiger partial charge in [0.2, 0.25) is 0 Å². The van der Waals surface area contributed by atoms with Crippen molar-refractivity contribution in [2.75, 3.05) is 13.1 Å². The number of rotatable bonds is 6. The minimum Gasteiger partial charge on any atom is -0.351 e. The van der Waals surface area contributed by atoms with Crippen LogP contribution in [0.1, 0.15) is 21.5 Å². The zero-order valence-corrected chi connectivity index (χ0v) is 13.6. The van der Waals surface area contributed by atoms with Gasteiger partial charge in [-0.15, -0.1) is 0 Å². The lowest BCUT2D eigenvalue weighted by Gasteiger charge is -2.08. The molecule has 0 unspecified atom stereocenters. The van der Waals surface area contributed by atoms with E-state index in [1.807, 2.05) is 49.4 Å². The fourth-order valence-electron chi connectivity index (χ4n) is 1.94. The molecule has 0 aliphatic rings. The van der Waals surface area contributed by atoms with Crippen molar-refractivity contribution in [1.82, 2.24) is 10.6 Å². The Kier molecular flexibility index (Phi) is 5.96. The summed E-state index contributed by atoms with van der Waals surface area (Å²) in [6.45, 7) is 4.13. The van der Waals surface area contributed by atoms with Crippen LogP contribution in [0.15, 0.2) is 53.0 Å². The highest BCUT2D eigenvalue weighted by Crippen LogP contribution is 2.14. The Labute approximate surface area is 133 Å². The highest BCUT2D eigenvalue weighted by atomic mass is 79.9. The molecule has 0 spiro atoms. The van der Waals surface area contributed by atoms with E-state index < -0.39 is 0 Å². The number of hydrogen-bond acceptors (Lipinski definition) is 2. The first kappa shape index (κ1) is 15.7. The Morgan fingerprint density at radius 2 is 1.76 bits per heavy atom. The van der Waals surface area contributed by atoms with E-state index in [9.17, 15) is 4.79 Å². The van der Waals surface area contributed by atoms with E-state index >= 15 is 0 Å². The van der Waals surface area contributed by atoms with Crippen LogP contribution in [0.2, 0.25) is 0 Å². The second kappa shape index (κ2) is 7.96. The van der Waals surface area contributed by atoms with E-state index in [0.29, 0.717) is 12.1 Å². The molecule has 2 aromatic carbocycles. The predicted octanol–water partition coefficient (Wildman–Crippen LogP) is 3.28. The third kappa shape index (κ3) is 4.99. The molecule has 0 aliphatic heterocycles. The fourth-order valence-corrected chi connectivity index (χ4v) is 2.36. The number of halogens is 1. The van der Waals surface area contributed by atoms with E-state index in [1.54, 1.807) is 0 Å². The maximum Gasteiger partial charge on any atom is 0.251 e. The summed E-state index contributed by atoms with van der Waals surface area (Å²) in [7, 11) is 0. The van der Waals surface area contributed by atoms with Crippen molar-refractivity contribution in [3.8, 4) is 0 Å². The van der Waals surface area contributed by atoms with Crippen molar-refractivity contribution < 1.29 is 4.79 Å². The molecule has 2 rings (SSSR count). The summed E-state index contributed by atoms with van der Waals surface area (Å²) in [5, 5.41) is 6.22. The first-order valence-electron chi connectivity index (χ1n) is 6.96. The standard InChI is InChI=1S/C17H19BrN2O/c1-13-6-8-14(9-7-13)17(21)20-11-10-19-12-15-4-2-3-5-16(15)18/h2-9,19H,10-12H2,1H3,(H,20,21). The smallest absolute Gasteiger partial charge is 0.251 e. The van der Waals surface area contributed by atoms with Crippen molar-refractivity contribution in [3.63, 3.8) is 0 Å². The first-order valence-corrected chi connectivity index (χ1v) is 7.75. The molecule has 0 bridgehead atoms. The Hall–Kier alpha value is -1.65. The second-order valence-electron chi connectivity index (χ2n) is 4.89. The average molecular weight is 347 g/mol. The molecule has 2 N–H and O–H groups in total. The van der Waals surface area contributed by atoms with Crippen LogP contribution >= 0.6 is 15.9 Å². The van der Waals surface area contributed by atoms with Crippen LogP contribution in [0.5, 0.6) is 0 Å². The molecule has 0 saturated carbocycles. The van der Waals surface area contributed by atoms with Crippen LogP contribution in [0, 0.1) is 6.92 Å². The van der Waals surface area contributed by atoms with Gasteiger partial charge in [0.25, 0.3) is 5.91 Å². The fraction of sp³-hybridized carbons (Fsp3) is 0.235. The lowest BCUT2D eigenvalue weighted by molar-refractivity contribution is 0.0954. The minimum absolute atomic E-state index is 0.0299. The van der Waals surface area contributed by atoms with Gasteiger partial charge >= 0.3 is 0 Å². The highest BCUT2D eigenvalue weighted by Gasteiger charge is 2.03. The molecule has 1 amide bonds. The third-order valence-corrected chi connectivity index (χ3v) is 3.95. The number of hydrogen-bond donors (Lipinski definition) is 2. The predicted molar refractivity (Wildman–Crippen MR) is 89.4 cm³/mol. The summed E-state index contributed by atoms with van der Waals surface area (Å²) in [4.78, 5) is 11.9. The Morgan fingerprint density at radius 1 is 1.05 bits per heavy atom. The Morgan fingerprint density at radius 3 is 2.48 bits per heavy atom. The average Bonchev–Trinajstić information content (AvgIpc) is 2.49. The van der Waals surface area contributed by atoms with Crippen molar-refractivity contribution >= 4 is 21.8 Å². The van der Waals surface area contributed by atoms with Gasteiger partial charge in [0.05, 0.1) is 0 Å². The molecule has 0 heterocycles. The van der Waals surface area contributed by atoms with E-state index in [0.717, 1.165) is 23.1 Å². The van der Waals surface area contributed by atoms with Gasteiger partial charge in [-0.3, -0.25) is 4.79 Å². The molecule has 2 aromatic rings. The van der Waals surface area contributed by atoms with Crippen LogP contribution in [0.4, 0.5) is 0 Å². The normalized spacial score (nSPS) is 10.4. The quantitative estimate of drug-likeness (QED) is 0.788. The maximum absolute atomic E-state index is 11.9. The van der Waals surface area contributed by atoms with Crippen LogP contribution in [0.3, 0.4) is 0 Å². The van der Waals surface area contributed by atoms with E-state index in [2.05, 4.69) is 32.6 Å². The monoisotopic (exact) mass is 346 g/mol. The van der Waals surface area contributed by atoms with Crippen molar-refractivity contribution in [2.24, 2.45) is 0 Å². The number of benzene rings is 2. The summed E-state index contributed by atoms with van der Waals surface area (Å²) in [6, 6.07) is 15.7. The van der Waals surface area contributed by atoms with E-state index in [4.69, 9.17) is 0 Å². The van der Waals surface area contributed by atoms with Gasteiger partial charge in [0.1, 0.15) is 0 Å². The van der Waals surface area contributed by atoms with Crippen LogP contribution in [-0.4, -0.2) is 19.0 Å². The lowest BCUT2D eigenvalue weighted by Crippen LogP contribution is -2.31.